The average Bonchev–Trinajstić information content (AvgIpc) is 2.25. The number of amides is 1. The first-order valence-electron chi connectivity index (χ1n) is 4.98. The number of nitrogens with one attached hydrogen (secondary N) is 1. The second-order valence-electron chi connectivity index (χ2n) is 4.11. The van der Waals surface area contributed by atoms with Gasteiger partial charge in [0.15, 0.2) is 0 Å². The third-order valence-corrected chi connectivity index (χ3v) is 2.50. The fourth-order valence-corrected chi connectivity index (χ4v) is 1.32. The molecule has 0 radical (unpaired) electrons. The Morgan fingerprint density at radius 2 is 1.94 bits per heavy atom. The third-order valence-electron chi connectivity index (χ3n) is 2.22. The summed E-state index contributed by atoms with van der Waals surface area (Å²) >= 11 is 4.27. The van der Waals surface area contributed by atoms with Crippen molar-refractivity contribution in [2.45, 2.75) is 24.6 Å². The lowest BCUT2D eigenvalue weighted by molar-refractivity contribution is -0.109. The molecule has 3 nitrogen and oxygen atoms in total. The van der Waals surface area contributed by atoms with E-state index in [1.165, 1.54) is 0 Å². The van der Waals surface area contributed by atoms with Crippen LogP contribution < -0.4 is 5.32 Å². The van der Waals surface area contributed by atoms with Gasteiger partial charge in [0.1, 0.15) is 6.29 Å². The van der Waals surface area contributed by atoms with E-state index in [0.29, 0.717) is 11.8 Å². The van der Waals surface area contributed by atoms with Gasteiger partial charge in [-0.1, -0.05) is 18.2 Å². The number of carbonyl (C=O) groups excluding carboxylic acids is 2. The molecular formula is C12H15NO2S. The molecule has 0 unspecified atom stereocenters. The molecule has 0 heterocycles. The van der Waals surface area contributed by atoms with Crippen LogP contribution in [0.15, 0.2) is 30.3 Å². The number of hydrogen-bond donors (Lipinski definition) is 2. The molecule has 0 saturated carbocycles. The third kappa shape index (κ3) is 3.38. The lowest BCUT2D eigenvalue weighted by atomic mass is 10.0. The molecule has 16 heavy (non-hydrogen) atoms. The lowest BCUT2D eigenvalue weighted by Crippen LogP contribution is -2.47. The highest BCUT2D eigenvalue weighted by Gasteiger charge is 2.26. The predicted octanol–water partition coefficient (Wildman–Crippen LogP) is 1.69. The number of carbonyl (C=O) groups is 2. The van der Waals surface area contributed by atoms with Gasteiger partial charge in [-0.3, -0.25) is 4.79 Å². The number of benzene rings is 1. The molecular weight excluding hydrogens is 222 g/mol. The first-order valence-corrected chi connectivity index (χ1v) is 5.43. The largest absolute Gasteiger partial charge is 0.341 e. The maximum Gasteiger partial charge on any atom is 0.251 e. The van der Waals surface area contributed by atoms with Crippen LogP contribution >= 0.6 is 12.6 Å². The summed E-state index contributed by atoms with van der Waals surface area (Å²) in [5.41, 5.74) is 0.534. The lowest BCUT2D eigenvalue weighted by Gasteiger charge is -2.25. The van der Waals surface area contributed by atoms with Crippen molar-refractivity contribution >= 4 is 24.8 Å². The molecule has 0 fully saturated rings. The van der Waals surface area contributed by atoms with Gasteiger partial charge in [0.25, 0.3) is 5.91 Å². The average molecular weight is 237 g/mol. The molecule has 1 atom stereocenters. The Labute approximate surface area is 101 Å². The van der Waals surface area contributed by atoms with Crippen molar-refractivity contribution in [3.63, 3.8) is 0 Å². The van der Waals surface area contributed by atoms with Gasteiger partial charge >= 0.3 is 0 Å². The van der Waals surface area contributed by atoms with Gasteiger partial charge in [-0.2, -0.15) is 12.6 Å². The normalized spacial score (nSPS) is 12.9. The summed E-state index contributed by atoms with van der Waals surface area (Å²) in [5, 5.41) is 2.64. The standard InChI is InChI=1S/C12H15NO2S/c1-12(2,16)10(8-14)13-11(15)9-6-4-3-5-7-9/h3-8,10,16H,1-2H3,(H,13,15)/t10-/m1/s1. The fourth-order valence-electron chi connectivity index (χ4n) is 1.19. The molecule has 1 aromatic rings. The van der Waals surface area contributed by atoms with Crippen molar-refractivity contribution in [3.05, 3.63) is 35.9 Å². The van der Waals surface area contributed by atoms with Gasteiger partial charge < -0.3 is 10.1 Å². The Bertz CT molecular complexity index is 370. The minimum Gasteiger partial charge on any atom is -0.341 e. The van der Waals surface area contributed by atoms with E-state index in [9.17, 15) is 9.59 Å². The van der Waals surface area contributed by atoms with Crippen LogP contribution in [0.4, 0.5) is 0 Å². The van der Waals surface area contributed by atoms with E-state index in [1.807, 2.05) is 6.07 Å². The van der Waals surface area contributed by atoms with Gasteiger partial charge in [0.2, 0.25) is 0 Å². The first kappa shape index (κ1) is 12.8. The number of thiol groups is 1. The van der Waals surface area contributed by atoms with Crippen LogP contribution in [-0.4, -0.2) is 23.0 Å². The molecule has 1 amide bonds. The molecule has 0 bridgehead atoms. The van der Waals surface area contributed by atoms with Crippen LogP contribution in [0.5, 0.6) is 0 Å². The zero-order valence-corrected chi connectivity index (χ0v) is 10.2. The van der Waals surface area contributed by atoms with Crippen molar-refractivity contribution in [2.24, 2.45) is 0 Å². The van der Waals surface area contributed by atoms with Gasteiger partial charge in [0.05, 0.1) is 6.04 Å². The van der Waals surface area contributed by atoms with E-state index in [4.69, 9.17) is 0 Å². The molecule has 0 aliphatic rings. The van der Waals surface area contributed by atoms with Gasteiger partial charge in [-0.15, -0.1) is 0 Å². The highest BCUT2D eigenvalue weighted by atomic mass is 32.1. The SMILES string of the molecule is CC(C)(S)[C@@H](C=O)NC(=O)c1ccccc1. The van der Waals surface area contributed by atoms with E-state index in [0.717, 1.165) is 0 Å². The number of rotatable bonds is 4. The molecule has 0 spiro atoms. The summed E-state index contributed by atoms with van der Waals surface area (Å²) in [7, 11) is 0. The summed E-state index contributed by atoms with van der Waals surface area (Å²) < 4.78 is -0.577. The van der Waals surface area contributed by atoms with Crippen LogP contribution in [0.3, 0.4) is 0 Å². The van der Waals surface area contributed by atoms with Gasteiger partial charge in [-0.25, -0.2) is 0 Å². The molecule has 1 rings (SSSR count). The van der Waals surface area contributed by atoms with Crippen molar-refractivity contribution in [2.75, 3.05) is 0 Å². The Hall–Kier alpha value is -1.29. The number of aldehydes is 1. The van der Waals surface area contributed by atoms with E-state index in [2.05, 4.69) is 17.9 Å². The Balaban J connectivity index is 2.75. The van der Waals surface area contributed by atoms with Crippen molar-refractivity contribution < 1.29 is 9.59 Å². The van der Waals surface area contributed by atoms with Crippen LogP contribution in [0.25, 0.3) is 0 Å². The van der Waals surface area contributed by atoms with Gasteiger partial charge in [-0.05, 0) is 26.0 Å². The predicted molar refractivity (Wildman–Crippen MR) is 66.8 cm³/mol. The molecule has 0 saturated heterocycles. The summed E-state index contributed by atoms with van der Waals surface area (Å²) in [5.74, 6) is -0.264. The van der Waals surface area contributed by atoms with Crippen LogP contribution in [0, 0.1) is 0 Å². The Morgan fingerprint density at radius 3 is 2.38 bits per heavy atom. The summed E-state index contributed by atoms with van der Waals surface area (Å²) in [6.45, 7) is 3.56. The molecule has 86 valence electrons. The highest BCUT2D eigenvalue weighted by molar-refractivity contribution is 7.81. The topological polar surface area (TPSA) is 46.2 Å². The maximum absolute atomic E-state index is 11.8. The van der Waals surface area contributed by atoms with E-state index >= 15 is 0 Å². The fraction of sp³-hybridized carbons (Fsp3) is 0.333. The first-order chi connectivity index (χ1) is 7.45. The zero-order chi connectivity index (χ0) is 12.2. The van der Waals surface area contributed by atoms with E-state index in [1.54, 1.807) is 38.1 Å². The molecule has 1 aromatic carbocycles. The van der Waals surface area contributed by atoms with E-state index in [-0.39, 0.29) is 5.91 Å². The molecule has 1 N–H and O–H groups in total. The van der Waals surface area contributed by atoms with Crippen molar-refractivity contribution in [1.82, 2.24) is 5.32 Å². The summed E-state index contributed by atoms with van der Waals surface area (Å²) in [6, 6.07) is 8.17. The second-order valence-corrected chi connectivity index (χ2v) is 5.26. The van der Waals surface area contributed by atoms with Crippen molar-refractivity contribution in [1.29, 1.82) is 0 Å². The molecule has 0 aliphatic carbocycles. The minimum atomic E-state index is -0.608. The smallest absolute Gasteiger partial charge is 0.251 e. The maximum atomic E-state index is 11.8. The van der Waals surface area contributed by atoms with Gasteiger partial charge in [0, 0.05) is 10.3 Å². The Morgan fingerprint density at radius 1 is 1.38 bits per heavy atom. The molecule has 4 heteroatoms. The zero-order valence-electron chi connectivity index (χ0n) is 9.31. The minimum absolute atomic E-state index is 0.264. The van der Waals surface area contributed by atoms with Crippen molar-refractivity contribution in [3.8, 4) is 0 Å². The summed E-state index contributed by atoms with van der Waals surface area (Å²) in [4.78, 5) is 22.6. The monoisotopic (exact) mass is 237 g/mol. The van der Waals surface area contributed by atoms with Crippen LogP contribution in [0.1, 0.15) is 24.2 Å². The molecule has 0 aliphatic heterocycles. The highest BCUT2D eigenvalue weighted by Crippen LogP contribution is 2.16. The van der Waals surface area contributed by atoms with Crippen LogP contribution in [0.2, 0.25) is 0 Å². The number of hydrogen-bond acceptors (Lipinski definition) is 3. The Kier molecular flexibility index (Phi) is 4.12. The summed E-state index contributed by atoms with van der Waals surface area (Å²) in [6.07, 6.45) is 0.702. The quantitative estimate of drug-likeness (QED) is 0.618. The van der Waals surface area contributed by atoms with E-state index < -0.39 is 10.8 Å². The molecule has 0 aromatic heterocycles. The second kappa shape index (κ2) is 5.16. The van der Waals surface area contributed by atoms with Crippen LogP contribution in [-0.2, 0) is 4.79 Å².